The fourth-order valence-electron chi connectivity index (χ4n) is 5.42. The van der Waals surface area contributed by atoms with Crippen molar-refractivity contribution < 1.29 is 13.3 Å². The molecule has 1 unspecified atom stereocenters. The lowest BCUT2D eigenvalue weighted by Gasteiger charge is -2.45. The molecule has 0 amide bonds. The third-order valence-corrected chi connectivity index (χ3v) is 19.9. The third kappa shape index (κ3) is 15.0. The van der Waals surface area contributed by atoms with Crippen LogP contribution in [0.2, 0.25) is 55.9 Å². The first-order valence-electron chi connectivity index (χ1n) is 16.7. The minimum atomic E-state index is -1.83. The molecule has 1 aliphatic rings. The Hall–Kier alpha value is 0.0106. The molecule has 0 saturated heterocycles. The van der Waals surface area contributed by atoms with Crippen molar-refractivity contribution >= 4 is 25.0 Å². The quantitative estimate of drug-likeness (QED) is 0.134. The summed E-state index contributed by atoms with van der Waals surface area (Å²) in [6, 6.07) is 0. The molecule has 1 saturated carbocycles. The van der Waals surface area contributed by atoms with E-state index in [9.17, 15) is 0 Å². The van der Waals surface area contributed by atoms with E-state index < -0.39 is 25.0 Å². The monoisotopic (exact) mass is 624 g/mol. The Balaban J connectivity index is 2.69. The van der Waals surface area contributed by atoms with Gasteiger partial charge in [-0.1, -0.05) is 91.5 Å². The van der Waals surface area contributed by atoms with Gasteiger partial charge in [0, 0.05) is 0 Å². The molecule has 3 nitrogen and oxygen atoms in total. The summed E-state index contributed by atoms with van der Waals surface area (Å²) in [7, 11) is -5.15. The molecule has 1 fully saturated rings. The Morgan fingerprint density at radius 1 is 0.756 bits per heavy atom. The SMILES string of the molecule is CC(CCCC=CC=C1C[C@@H](O[Si](C)(C)C(C)(C)C)C[C@H](O[Si](C)(C)C(C)(C)C)C1)CCCC(C)(C)O[Si](C)(C)C. The minimum absolute atomic E-state index is 0.0169. The highest BCUT2D eigenvalue weighted by atomic mass is 28.4. The van der Waals surface area contributed by atoms with E-state index in [1.807, 2.05) is 0 Å². The van der Waals surface area contributed by atoms with Crippen LogP contribution in [-0.4, -0.2) is 42.8 Å². The first kappa shape index (κ1) is 39.0. The largest absolute Gasteiger partial charge is 0.414 e. The van der Waals surface area contributed by atoms with Crippen molar-refractivity contribution in [1.29, 1.82) is 0 Å². The molecule has 0 aromatic heterocycles. The summed E-state index contributed by atoms with van der Waals surface area (Å²) < 4.78 is 20.3. The molecule has 1 aliphatic carbocycles. The molecule has 242 valence electrons. The van der Waals surface area contributed by atoms with Gasteiger partial charge in [0.2, 0.25) is 0 Å². The highest BCUT2D eigenvalue weighted by Gasteiger charge is 2.43. The van der Waals surface area contributed by atoms with Gasteiger partial charge in [-0.05, 0) is 114 Å². The van der Waals surface area contributed by atoms with E-state index in [4.69, 9.17) is 13.3 Å². The molecule has 1 rings (SSSR count). The van der Waals surface area contributed by atoms with Crippen molar-refractivity contribution in [1.82, 2.24) is 0 Å². The Bertz CT molecular complexity index is 800. The van der Waals surface area contributed by atoms with Crippen LogP contribution < -0.4 is 0 Å². The zero-order valence-corrected chi connectivity index (χ0v) is 33.6. The van der Waals surface area contributed by atoms with E-state index in [2.05, 4.69) is 126 Å². The molecule has 6 heteroatoms. The summed E-state index contributed by atoms with van der Waals surface area (Å²) >= 11 is 0. The maximum Gasteiger partial charge on any atom is 0.192 e. The Labute approximate surface area is 261 Å². The molecule has 0 aromatic rings. The highest BCUT2D eigenvalue weighted by Crippen LogP contribution is 2.43. The number of hydrogen-bond donors (Lipinski definition) is 0. The van der Waals surface area contributed by atoms with Crippen LogP contribution in [0, 0.1) is 5.92 Å². The van der Waals surface area contributed by atoms with Crippen molar-refractivity contribution in [2.24, 2.45) is 5.92 Å². The second-order valence-electron chi connectivity index (χ2n) is 17.8. The fourth-order valence-corrected chi connectivity index (χ4v) is 9.91. The Morgan fingerprint density at radius 2 is 1.22 bits per heavy atom. The van der Waals surface area contributed by atoms with E-state index in [0.29, 0.717) is 0 Å². The normalized spacial score (nSPS) is 21.0. The van der Waals surface area contributed by atoms with E-state index in [0.717, 1.165) is 38.0 Å². The van der Waals surface area contributed by atoms with Crippen LogP contribution >= 0.6 is 0 Å². The lowest BCUT2D eigenvalue weighted by atomic mass is 9.90. The van der Waals surface area contributed by atoms with E-state index in [1.54, 1.807) is 0 Å². The lowest BCUT2D eigenvalue weighted by Crippen LogP contribution is -2.48. The van der Waals surface area contributed by atoms with Gasteiger partial charge in [-0.2, -0.15) is 0 Å². The first-order valence-corrected chi connectivity index (χ1v) is 26.0. The third-order valence-electron chi connectivity index (χ3n) is 9.63. The molecule has 0 aliphatic heterocycles. The number of allylic oxidation sites excluding steroid dienone is 3. The molecular formula is C35H72O3Si3. The second kappa shape index (κ2) is 15.3. The zero-order valence-electron chi connectivity index (χ0n) is 30.6. The van der Waals surface area contributed by atoms with Gasteiger partial charge in [0.15, 0.2) is 25.0 Å². The van der Waals surface area contributed by atoms with Crippen LogP contribution in [0.5, 0.6) is 0 Å². The van der Waals surface area contributed by atoms with Gasteiger partial charge in [-0.15, -0.1) is 0 Å². The first-order chi connectivity index (χ1) is 18.3. The summed E-state index contributed by atoms with van der Waals surface area (Å²) in [6.07, 6.45) is 18.2. The highest BCUT2D eigenvalue weighted by molar-refractivity contribution is 6.74. The predicted molar refractivity (Wildman–Crippen MR) is 191 cm³/mol. The molecule has 0 spiro atoms. The molecule has 0 bridgehead atoms. The van der Waals surface area contributed by atoms with E-state index >= 15 is 0 Å². The summed E-state index contributed by atoms with van der Waals surface area (Å²) in [5.74, 6) is 0.782. The van der Waals surface area contributed by atoms with Gasteiger partial charge < -0.3 is 13.3 Å². The van der Waals surface area contributed by atoms with Crippen molar-refractivity contribution in [3.63, 3.8) is 0 Å². The van der Waals surface area contributed by atoms with Crippen LogP contribution in [0.1, 0.15) is 120 Å². The van der Waals surface area contributed by atoms with Gasteiger partial charge in [-0.25, -0.2) is 0 Å². The summed E-state index contributed by atoms with van der Waals surface area (Å²) in [6.45, 7) is 37.4. The van der Waals surface area contributed by atoms with Gasteiger partial charge in [0.25, 0.3) is 0 Å². The van der Waals surface area contributed by atoms with Crippen LogP contribution in [0.15, 0.2) is 23.8 Å². The summed E-state index contributed by atoms with van der Waals surface area (Å²) in [4.78, 5) is 0. The number of rotatable bonds is 15. The van der Waals surface area contributed by atoms with Crippen LogP contribution in [0.4, 0.5) is 0 Å². The van der Waals surface area contributed by atoms with Gasteiger partial charge in [0.1, 0.15) is 0 Å². The topological polar surface area (TPSA) is 27.7 Å². The summed E-state index contributed by atoms with van der Waals surface area (Å²) in [5, 5.41) is 0.443. The van der Waals surface area contributed by atoms with Crippen molar-refractivity contribution in [3.05, 3.63) is 23.8 Å². The maximum absolute atomic E-state index is 6.96. The number of unbranched alkanes of at least 4 members (excludes halogenated alkanes) is 1. The number of hydrogen-bond acceptors (Lipinski definition) is 3. The standard InChI is InChI=1S/C35H72O3Si3/c1-29(23-21-25-35(8,9)38-39(10,11)12)22-19-17-18-20-24-30-26-31(36-40(13,14)33(2,3)4)28-32(27-30)37-41(15,16)34(5,6)7/h18,20,24,29,31-32H,17,19,21-23,25-28H2,1-16H3/t29?,31-,32-/m1/s1. The Morgan fingerprint density at radius 3 is 1.66 bits per heavy atom. The van der Waals surface area contributed by atoms with Crippen LogP contribution in [0.3, 0.4) is 0 Å². The van der Waals surface area contributed by atoms with Crippen LogP contribution in [0.25, 0.3) is 0 Å². The predicted octanol–water partition coefficient (Wildman–Crippen LogP) is 12.0. The smallest absolute Gasteiger partial charge is 0.192 e. The maximum atomic E-state index is 6.96. The Kier molecular flexibility index (Phi) is 14.6. The molecule has 0 heterocycles. The molecule has 3 atom stereocenters. The van der Waals surface area contributed by atoms with E-state index in [-0.39, 0.29) is 27.9 Å². The molecule has 0 radical (unpaired) electrons. The second-order valence-corrected chi connectivity index (χ2v) is 31.7. The van der Waals surface area contributed by atoms with Crippen molar-refractivity contribution in [3.8, 4) is 0 Å². The average molecular weight is 625 g/mol. The van der Waals surface area contributed by atoms with Gasteiger partial charge in [0.05, 0.1) is 17.8 Å². The van der Waals surface area contributed by atoms with Crippen LogP contribution in [-0.2, 0) is 13.3 Å². The molecule has 0 aromatic carbocycles. The summed E-state index contributed by atoms with van der Waals surface area (Å²) in [5.41, 5.74) is 1.51. The molecular weight excluding hydrogens is 553 g/mol. The molecule has 41 heavy (non-hydrogen) atoms. The van der Waals surface area contributed by atoms with E-state index in [1.165, 1.54) is 31.3 Å². The zero-order chi connectivity index (χ0) is 31.9. The lowest BCUT2D eigenvalue weighted by molar-refractivity contribution is 0.0725. The van der Waals surface area contributed by atoms with Crippen molar-refractivity contribution in [2.75, 3.05) is 0 Å². The average Bonchev–Trinajstić information content (AvgIpc) is 2.71. The molecule has 0 N–H and O–H groups in total. The van der Waals surface area contributed by atoms with Gasteiger partial charge in [-0.3, -0.25) is 0 Å². The minimum Gasteiger partial charge on any atom is -0.414 e. The van der Waals surface area contributed by atoms with Gasteiger partial charge >= 0.3 is 0 Å². The fraction of sp³-hybridized carbons (Fsp3) is 0.886. The van der Waals surface area contributed by atoms with Crippen molar-refractivity contribution in [2.45, 2.75) is 194 Å².